The van der Waals surface area contributed by atoms with Crippen LogP contribution in [0.3, 0.4) is 0 Å². The molecule has 4 nitrogen and oxygen atoms in total. The largest absolute Gasteiger partial charge is 0.324 e. The van der Waals surface area contributed by atoms with Gasteiger partial charge < -0.3 is 5.43 Å². The molecule has 0 bridgehead atoms. The predicted octanol–water partition coefficient (Wildman–Crippen LogP) is 0.394. The minimum Gasteiger partial charge on any atom is -0.324 e. The summed E-state index contributed by atoms with van der Waals surface area (Å²) in [4.78, 5) is 0. The third kappa shape index (κ3) is 7.01. The van der Waals surface area contributed by atoms with E-state index in [9.17, 15) is 0 Å². The van der Waals surface area contributed by atoms with E-state index in [0.717, 1.165) is 5.69 Å². The Morgan fingerprint density at radius 3 is 1.83 bits per heavy atom. The molecule has 0 fully saturated rings. The van der Waals surface area contributed by atoms with E-state index in [2.05, 4.69) is 5.43 Å². The van der Waals surface area contributed by atoms with Gasteiger partial charge in [-0.3, -0.25) is 16.7 Å². The summed E-state index contributed by atoms with van der Waals surface area (Å²) in [6.45, 7) is 0. The number of para-hydroxylation sites is 1. The molecular formula is C8H16N4. The topological polar surface area (TPSA) is 67.3 Å². The minimum atomic E-state index is 0.938. The van der Waals surface area contributed by atoms with Crippen molar-refractivity contribution < 1.29 is 0 Å². The third-order valence-electron chi connectivity index (χ3n) is 0.940. The molecule has 4 heteroatoms. The van der Waals surface area contributed by atoms with Crippen LogP contribution in [-0.2, 0) is 0 Å². The first-order valence-corrected chi connectivity index (χ1v) is 3.60. The molecule has 0 aromatic heterocycles. The molecule has 0 aliphatic rings. The zero-order valence-electron chi connectivity index (χ0n) is 7.49. The SMILES string of the molecule is CN(C)N.NNc1ccccc1. The zero-order valence-corrected chi connectivity index (χ0v) is 7.49. The molecule has 0 saturated carbocycles. The average Bonchev–Trinajstić information content (AvgIpc) is 2.05. The molecule has 1 rings (SSSR count). The van der Waals surface area contributed by atoms with Crippen molar-refractivity contribution in [2.75, 3.05) is 19.5 Å². The van der Waals surface area contributed by atoms with Crippen LogP contribution in [0.1, 0.15) is 0 Å². The van der Waals surface area contributed by atoms with E-state index in [4.69, 9.17) is 11.7 Å². The van der Waals surface area contributed by atoms with E-state index in [0.29, 0.717) is 0 Å². The molecule has 0 aliphatic heterocycles. The van der Waals surface area contributed by atoms with Gasteiger partial charge in [-0.15, -0.1) is 0 Å². The number of rotatable bonds is 1. The fourth-order valence-electron chi connectivity index (χ4n) is 0.534. The van der Waals surface area contributed by atoms with Crippen molar-refractivity contribution in [2.24, 2.45) is 11.7 Å². The number of nitrogens with one attached hydrogen (secondary N) is 1. The van der Waals surface area contributed by atoms with Gasteiger partial charge in [0.15, 0.2) is 0 Å². The number of nitrogens with zero attached hydrogens (tertiary/aromatic N) is 1. The fourth-order valence-corrected chi connectivity index (χ4v) is 0.534. The highest BCUT2D eigenvalue weighted by Gasteiger charge is 1.78. The number of hydrogen-bond acceptors (Lipinski definition) is 4. The lowest BCUT2D eigenvalue weighted by Gasteiger charge is -1.94. The van der Waals surface area contributed by atoms with Crippen LogP contribution in [0, 0.1) is 0 Å². The molecule has 0 spiro atoms. The van der Waals surface area contributed by atoms with E-state index in [-0.39, 0.29) is 0 Å². The van der Waals surface area contributed by atoms with Gasteiger partial charge in [0.25, 0.3) is 0 Å². The van der Waals surface area contributed by atoms with Crippen molar-refractivity contribution >= 4 is 5.69 Å². The lowest BCUT2D eigenvalue weighted by molar-refractivity contribution is 0.432. The van der Waals surface area contributed by atoms with Crippen molar-refractivity contribution in [1.82, 2.24) is 5.01 Å². The molecule has 1 aromatic carbocycles. The molecule has 0 amide bonds. The highest BCUT2D eigenvalue weighted by atomic mass is 15.4. The Hall–Kier alpha value is -1.10. The van der Waals surface area contributed by atoms with Gasteiger partial charge in [0.05, 0.1) is 0 Å². The second-order valence-corrected chi connectivity index (χ2v) is 2.47. The summed E-state index contributed by atoms with van der Waals surface area (Å²) in [5.74, 6) is 10.0. The molecule has 0 unspecified atom stereocenters. The van der Waals surface area contributed by atoms with Crippen LogP contribution in [0.4, 0.5) is 5.69 Å². The summed E-state index contributed by atoms with van der Waals surface area (Å²) >= 11 is 0. The van der Waals surface area contributed by atoms with E-state index >= 15 is 0 Å². The monoisotopic (exact) mass is 168 g/mol. The van der Waals surface area contributed by atoms with Crippen molar-refractivity contribution in [3.63, 3.8) is 0 Å². The Morgan fingerprint density at radius 1 is 1.17 bits per heavy atom. The van der Waals surface area contributed by atoms with Crippen LogP contribution in [0.25, 0.3) is 0 Å². The average molecular weight is 168 g/mol. The summed E-state index contributed by atoms with van der Waals surface area (Å²) in [5, 5.41) is 1.50. The lowest BCUT2D eigenvalue weighted by Crippen LogP contribution is -2.18. The van der Waals surface area contributed by atoms with Crippen LogP contribution >= 0.6 is 0 Å². The molecule has 0 saturated heterocycles. The number of hydrogen-bond donors (Lipinski definition) is 3. The van der Waals surface area contributed by atoms with Crippen LogP contribution in [0.15, 0.2) is 30.3 Å². The Kier molecular flexibility index (Phi) is 6.00. The van der Waals surface area contributed by atoms with Crippen molar-refractivity contribution in [2.45, 2.75) is 0 Å². The van der Waals surface area contributed by atoms with E-state index < -0.39 is 0 Å². The maximum atomic E-state index is 5.10. The molecule has 68 valence electrons. The molecular weight excluding hydrogens is 152 g/mol. The molecule has 12 heavy (non-hydrogen) atoms. The summed E-state index contributed by atoms with van der Waals surface area (Å²) in [5.41, 5.74) is 3.46. The second kappa shape index (κ2) is 6.60. The minimum absolute atomic E-state index is 0.938. The van der Waals surface area contributed by atoms with E-state index in [1.165, 1.54) is 5.01 Å². The number of nitrogens with two attached hydrogens (primary N) is 2. The summed E-state index contributed by atoms with van der Waals surface area (Å²) in [7, 11) is 3.56. The first kappa shape index (κ1) is 10.9. The van der Waals surface area contributed by atoms with Gasteiger partial charge in [-0.25, -0.2) is 0 Å². The Morgan fingerprint density at radius 2 is 1.58 bits per heavy atom. The summed E-state index contributed by atoms with van der Waals surface area (Å²) in [6.07, 6.45) is 0. The molecule has 0 aliphatic carbocycles. The Labute approximate surface area is 73.1 Å². The Balaban J connectivity index is 0.000000261. The highest BCUT2D eigenvalue weighted by Crippen LogP contribution is 2.00. The molecule has 1 aromatic rings. The van der Waals surface area contributed by atoms with Gasteiger partial charge in [-0.2, -0.15) is 0 Å². The van der Waals surface area contributed by atoms with Gasteiger partial charge in [0.1, 0.15) is 0 Å². The van der Waals surface area contributed by atoms with Crippen molar-refractivity contribution in [3.8, 4) is 0 Å². The maximum Gasteiger partial charge on any atom is 0.0485 e. The van der Waals surface area contributed by atoms with E-state index in [1.807, 2.05) is 30.3 Å². The standard InChI is InChI=1S/C6H8N2.C2H8N2/c7-8-6-4-2-1-3-5-6;1-4(2)3/h1-5,8H,7H2;3H2,1-2H3. The highest BCUT2D eigenvalue weighted by molar-refractivity contribution is 5.40. The Bertz CT molecular complexity index is 183. The number of nitrogen functional groups attached to an aromatic ring is 1. The van der Waals surface area contributed by atoms with Gasteiger partial charge in [0, 0.05) is 19.8 Å². The molecule has 0 atom stereocenters. The quantitative estimate of drug-likeness (QED) is 0.419. The number of anilines is 1. The molecule has 0 heterocycles. The first-order valence-electron chi connectivity index (χ1n) is 3.60. The van der Waals surface area contributed by atoms with Crippen LogP contribution in [-0.4, -0.2) is 19.1 Å². The number of benzene rings is 1. The predicted molar refractivity (Wildman–Crippen MR) is 52.1 cm³/mol. The lowest BCUT2D eigenvalue weighted by atomic mass is 10.3. The van der Waals surface area contributed by atoms with Gasteiger partial charge in [0.2, 0.25) is 0 Å². The van der Waals surface area contributed by atoms with Gasteiger partial charge in [-0.05, 0) is 12.1 Å². The van der Waals surface area contributed by atoms with Gasteiger partial charge >= 0.3 is 0 Å². The van der Waals surface area contributed by atoms with Crippen LogP contribution in [0.5, 0.6) is 0 Å². The fraction of sp³-hybridized carbons (Fsp3) is 0.250. The van der Waals surface area contributed by atoms with Crippen LogP contribution < -0.4 is 17.1 Å². The number of hydrazine groups is 2. The van der Waals surface area contributed by atoms with Crippen molar-refractivity contribution in [3.05, 3.63) is 30.3 Å². The molecule has 0 radical (unpaired) electrons. The maximum absolute atomic E-state index is 5.10. The smallest absolute Gasteiger partial charge is 0.0485 e. The first-order chi connectivity index (χ1) is 5.66. The summed E-state index contributed by atoms with van der Waals surface area (Å²) in [6, 6.07) is 9.60. The third-order valence-corrected chi connectivity index (χ3v) is 0.940. The van der Waals surface area contributed by atoms with Crippen LogP contribution in [0.2, 0.25) is 0 Å². The second-order valence-electron chi connectivity index (χ2n) is 2.47. The van der Waals surface area contributed by atoms with E-state index in [1.54, 1.807) is 14.1 Å². The molecule has 5 N–H and O–H groups in total. The summed E-state index contributed by atoms with van der Waals surface area (Å²) < 4.78 is 0. The normalized spacial score (nSPS) is 8.75. The van der Waals surface area contributed by atoms with Crippen molar-refractivity contribution in [1.29, 1.82) is 0 Å². The zero-order chi connectivity index (χ0) is 9.40. The van der Waals surface area contributed by atoms with Gasteiger partial charge in [-0.1, -0.05) is 18.2 Å².